The molecule has 0 spiro atoms. The van der Waals surface area contributed by atoms with E-state index >= 15 is 0 Å². The lowest BCUT2D eigenvalue weighted by molar-refractivity contribution is 0.611. The van der Waals surface area contributed by atoms with Gasteiger partial charge in [-0.15, -0.1) is 0 Å². The quantitative estimate of drug-likeness (QED) is 0.203. The van der Waals surface area contributed by atoms with E-state index in [0.717, 1.165) is 61.8 Å². The van der Waals surface area contributed by atoms with Crippen molar-refractivity contribution in [3.8, 4) is 5.69 Å². The normalized spacial score (nSPS) is 14.6. The second-order valence-electron chi connectivity index (χ2n) is 11.6. The van der Waals surface area contributed by atoms with Crippen molar-refractivity contribution >= 4 is 61.1 Å². The zero-order valence-electron chi connectivity index (χ0n) is 24.5. The zero-order valence-corrected chi connectivity index (χ0v) is 24.5. The van der Waals surface area contributed by atoms with Gasteiger partial charge in [0.25, 0.3) is 0 Å². The van der Waals surface area contributed by atoms with Crippen molar-refractivity contribution < 1.29 is 4.42 Å². The average Bonchev–Trinajstić information content (AvgIpc) is 3.70. The van der Waals surface area contributed by atoms with Gasteiger partial charge in [-0.1, -0.05) is 109 Å². The summed E-state index contributed by atoms with van der Waals surface area (Å²) in [5.74, 6) is 0.375. The molecule has 9 rings (SSSR count). The van der Waals surface area contributed by atoms with Gasteiger partial charge in [0.1, 0.15) is 5.52 Å². The van der Waals surface area contributed by atoms with Crippen molar-refractivity contribution in [3.05, 3.63) is 163 Å². The molecule has 6 aromatic carbocycles. The molecule has 0 amide bonds. The number of oxazole rings is 1. The van der Waals surface area contributed by atoms with Crippen molar-refractivity contribution in [2.24, 2.45) is 0 Å². The van der Waals surface area contributed by atoms with Gasteiger partial charge in [-0.05, 0) is 65.9 Å². The Morgan fingerprint density at radius 1 is 0.667 bits per heavy atom. The third-order valence-corrected chi connectivity index (χ3v) is 8.95. The van der Waals surface area contributed by atoms with Gasteiger partial charge in [0, 0.05) is 27.8 Å². The highest BCUT2D eigenvalue weighted by Crippen LogP contribution is 2.44. The van der Waals surface area contributed by atoms with E-state index in [9.17, 15) is 0 Å². The van der Waals surface area contributed by atoms with Gasteiger partial charge in [0.2, 0.25) is 0 Å². The molecule has 2 aromatic heterocycles. The summed E-state index contributed by atoms with van der Waals surface area (Å²) < 4.78 is 9.08. The molecular weight excluding hydrogens is 550 g/mol. The van der Waals surface area contributed by atoms with Crippen LogP contribution in [0.15, 0.2) is 162 Å². The minimum atomic E-state index is 0.375. The standard InChI is InChI=1S/C41H29N3O/c1-3-12-28(13-4-1)29-22-25-32(26-23-29)44(41-42-35-27-24-30-14-7-8-17-33(30)40(35)45-41)38-21-11-20-37-39(38)34-18-9-10-19-36(34)43(37)31-15-5-2-6-16-31/h1-12,14-28H,13H2. The molecule has 214 valence electrons. The van der Waals surface area contributed by atoms with Crippen LogP contribution in [0.5, 0.6) is 0 Å². The average molecular weight is 580 g/mol. The van der Waals surface area contributed by atoms with E-state index in [1.54, 1.807) is 0 Å². The van der Waals surface area contributed by atoms with Gasteiger partial charge in [-0.25, -0.2) is 0 Å². The second kappa shape index (κ2) is 10.4. The first-order chi connectivity index (χ1) is 22.3. The first-order valence-electron chi connectivity index (χ1n) is 15.4. The Morgan fingerprint density at radius 2 is 1.44 bits per heavy atom. The van der Waals surface area contributed by atoms with Crippen molar-refractivity contribution in [1.82, 2.24) is 9.55 Å². The van der Waals surface area contributed by atoms with Gasteiger partial charge in [-0.3, -0.25) is 4.90 Å². The maximum Gasteiger partial charge on any atom is 0.307 e. The monoisotopic (exact) mass is 579 g/mol. The maximum atomic E-state index is 6.74. The van der Waals surface area contributed by atoms with Crippen LogP contribution in [0.3, 0.4) is 0 Å². The van der Waals surface area contributed by atoms with E-state index in [1.165, 1.54) is 10.9 Å². The van der Waals surface area contributed by atoms with E-state index in [0.29, 0.717) is 11.9 Å². The Kier molecular flexibility index (Phi) is 5.91. The molecular formula is C41H29N3O. The molecule has 1 aliphatic carbocycles. The molecule has 4 nitrogen and oxygen atoms in total. The zero-order chi connectivity index (χ0) is 29.7. The molecule has 45 heavy (non-hydrogen) atoms. The van der Waals surface area contributed by atoms with Gasteiger partial charge in [0.05, 0.1) is 22.4 Å². The Morgan fingerprint density at radius 3 is 2.29 bits per heavy atom. The van der Waals surface area contributed by atoms with Crippen molar-refractivity contribution in [2.75, 3.05) is 4.90 Å². The van der Waals surface area contributed by atoms with Crippen LogP contribution in [-0.4, -0.2) is 9.55 Å². The first kappa shape index (κ1) is 25.6. The minimum Gasteiger partial charge on any atom is -0.422 e. The number of hydrogen-bond donors (Lipinski definition) is 0. The summed E-state index contributed by atoms with van der Waals surface area (Å²) >= 11 is 0. The van der Waals surface area contributed by atoms with Gasteiger partial charge in [0.15, 0.2) is 5.58 Å². The highest BCUT2D eigenvalue weighted by molar-refractivity contribution is 6.16. The Labute approximate surface area is 260 Å². The lowest BCUT2D eigenvalue weighted by atomic mass is 9.92. The van der Waals surface area contributed by atoms with Crippen molar-refractivity contribution in [2.45, 2.75) is 12.3 Å². The summed E-state index contributed by atoms with van der Waals surface area (Å²) in [5.41, 5.74) is 8.34. The van der Waals surface area contributed by atoms with Crippen LogP contribution in [0.2, 0.25) is 0 Å². The van der Waals surface area contributed by atoms with Crippen LogP contribution in [0, 0.1) is 0 Å². The summed E-state index contributed by atoms with van der Waals surface area (Å²) in [6.07, 6.45) is 9.78. The van der Waals surface area contributed by atoms with Crippen LogP contribution >= 0.6 is 0 Å². The van der Waals surface area contributed by atoms with E-state index < -0.39 is 0 Å². The molecule has 0 bridgehead atoms. The summed E-state index contributed by atoms with van der Waals surface area (Å²) in [4.78, 5) is 7.29. The second-order valence-corrected chi connectivity index (χ2v) is 11.6. The highest BCUT2D eigenvalue weighted by Gasteiger charge is 2.25. The molecule has 0 saturated heterocycles. The molecule has 0 fully saturated rings. The SMILES string of the molecule is C1=CCC(c2ccc(N(c3nc4ccc5ccccc5c4o3)c3cccc4c3c3ccccc3n4-c3ccccc3)cc2)C=C1. The fourth-order valence-corrected chi connectivity index (χ4v) is 6.83. The van der Waals surface area contributed by atoms with Crippen molar-refractivity contribution in [1.29, 1.82) is 0 Å². The number of rotatable bonds is 5. The largest absolute Gasteiger partial charge is 0.422 e. The third kappa shape index (κ3) is 4.18. The number of nitrogens with zero attached hydrogens (tertiary/aromatic N) is 3. The van der Waals surface area contributed by atoms with E-state index in [4.69, 9.17) is 9.40 Å². The Bertz CT molecular complexity index is 2410. The molecule has 2 heterocycles. The number of anilines is 3. The van der Waals surface area contributed by atoms with Crippen LogP contribution in [0.25, 0.3) is 49.4 Å². The summed E-state index contributed by atoms with van der Waals surface area (Å²) in [6.45, 7) is 0. The predicted octanol–water partition coefficient (Wildman–Crippen LogP) is 11.1. The van der Waals surface area contributed by atoms with Crippen LogP contribution < -0.4 is 4.90 Å². The minimum absolute atomic E-state index is 0.375. The lowest BCUT2D eigenvalue weighted by Crippen LogP contribution is -2.11. The molecule has 1 aliphatic rings. The molecule has 8 aromatic rings. The molecule has 1 atom stereocenters. The first-order valence-corrected chi connectivity index (χ1v) is 15.4. The topological polar surface area (TPSA) is 34.2 Å². The molecule has 4 heteroatoms. The van der Waals surface area contributed by atoms with Gasteiger partial charge in [-0.2, -0.15) is 4.98 Å². The molecule has 0 N–H and O–H groups in total. The maximum absolute atomic E-state index is 6.74. The molecule has 1 unspecified atom stereocenters. The van der Waals surface area contributed by atoms with Crippen LogP contribution in [-0.2, 0) is 0 Å². The Hall–Kier alpha value is -5.87. The van der Waals surface area contributed by atoms with E-state index in [1.807, 2.05) is 0 Å². The van der Waals surface area contributed by atoms with Gasteiger partial charge < -0.3 is 8.98 Å². The number of benzene rings is 6. The number of fused-ring (bicyclic) bond motifs is 6. The Balaban J connectivity index is 1.31. The fourth-order valence-electron chi connectivity index (χ4n) is 6.83. The highest BCUT2D eigenvalue weighted by atomic mass is 16.4. The van der Waals surface area contributed by atoms with E-state index in [2.05, 4.69) is 167 Å². The smallest absolute Gasteiger partial charge is 0.307 e. The van der Waals surface area contributed by atoms with Crippen LogP contribution in [0.4, 0.5) is 17.4 Å². The molecule has 0 aliphatic heterocycles. The molecule has 0 saturated carbocycles. The summed E-state index contributed by atoms with van der Waals surface area (Å²) in [7, 11) is 0. The van der Waals surface area contributed by atoms with E-state index in [-0.39, 0.29) is 0 Å². The third-order valence-electron chi connectivity index (χ3n) is 8.95. The predicted molar refractivity (Wildman–Crippen MR) is 186 cm³/mol. The number of para-hydroxylation sites is 2. The van der Waals surface area contributed by atoms with Crippen molar-refractivity contribution in [3.63, 3.8) is 0 Å². The fraction of sp³-hybridized carbons (Fsp3) is 0.0488. The lowest BCUT2D eigenvalue weighted by Gasteiger charge is -2.23. The summed E-state index contributed by atoms with van der Waals surface area (Å²) in [5, 5.41) is 4.51. The van der Waals surface area contributed by atoms with Crippen LogP contribution in [0.1, 0.15) is 17.9 Å². The number of allylic oxidation sites excluding steroid dienone is 4. The summed E-state index contributed by atoms with van der Waals surface area (Å²) in [6, 6.07) is 47.6. The number of hydrogen-bond acceptors (Lipinski definition) is 3. The van der Waals surface area contributed by atoms with Gasteiger partial charge >= 0.3 is 6.01 Å². The molecule has 0 radical (unpaired) electrons. The number of aromatic nitrogens is 2.